The van der Waals surface area contributed by atoms with Gasteiger partial charge in [0.1, 0.15) is 11.5 Å². The molecule has 0 saturated carbocycles. The van der Waals surface area contributed by atoms with Crippen LogP contribution in [0, 0.1) is 26.7 Å². The van der Waals surface area contributed by atoms with Crippen LogP contribution in [0.4, 0.5) is 0 Å². The van der Waals surface area contributed by atoms with Crippen molar-refractivity contribution in [1.29, 1.82) is 0 Å². The first-order valence-corrected chi connectivity index (χ1v) is 11.9. The Morgan fingerprint density at radius 2 is 1.85 bits per heavy atom. The summed E-state index contributed by atoms with van der Waals surface area (Å²) in [6.45, 7) is 12.1. The van der Waals surface area contributed by atoms with E-state index in [0.717, 1.165) is 75.9 Å². The van der Waals surface area contributed by atoms with Gasteiger partial charge in [-0.2, -0.15) is 0 Å². The van der Waals surface area contributed by atoms with Gasteiger partial charge in [-0.1, -0.05) is 5.16 Å². The van der Waals surface area contributed by atoms with E-state index in [2.05, 4.69) is 15.0 Å². The molecule has 0 aliphatic carbocycles. The average Bonchev–Trinajstić information content (AvgIpc) is 3.38. The SMILES string of the molecule is Cc1cc(-c2cc(C(=O)N3CCC(CCN4CCOCC4)CC3)c3c(C)noc3n2)c(C)o1. The minimum atomic E-state index is 0.0273. The van der Waals surface area contributed by atoms with E-state index in [1.807, 2.05) is 37.8 Å². The Morgan fingerprint density at radius 1 is 1.09 bits per heavy atom. The largest absolute Gasteiger partial charge is 0.466 e. The molecule has 0 atom stereocenters. The maximum Gasteiger partial charge on any atom is 0.259 e. The third-order valence-electron chi connectivity index (χ3n) is 7.02. The first-order chi connectivity index (χ1) is 16.0. The molecule has 0 radical (unpaired) electrons. The van der Waals surface area contributed by atoms with E-state index in [1.165, 1.54) is 6.42 Å². The van der Waals surface area contributed by atoms with E-state index in [0.29, 0.717) is 34.0 Å². The van der Waals surface area contributed by atoms with Crippen LogP contribution in [0.25, 0.3) is 22.4 Å². The Bertz CT molecular complexity index is 1140. The maximum absolute atomic E-state index is 13.6. The van der Waals surface area contributed by atoms with Crippen LogP contribution in [0.3, 0.4) is 0 Å². The smallest absolute Gasteiger partial charge is 0.259 e. The number of fused-ring (bicyclic) bond motifs is 1. The van der Waals surface area contributed by atoms with E-state index < -0.39 is 0 Å². The van der Waals surface area contributed by atoms with Crippen molar-refractivity contribution in [1.82, 2.24) is 19.9 Å². The minimum absolute atomic E-state index is 0.0273. The second kappa shape index (κ2) is 9.27. The van der Waals surface area contributed by atoms with E-state index in [-0.39, 0.29) is 5.91 Å². The van der Waals surface area contributed by atoms with Crippen LogP contribution < -0.4 is 0 Å². The van der Waals surface area contributed by atoms with Gasteiger partial charge in [-0.05, 0) is 64.6 Å². The fourth-order valence-electron chi connectivity index (χ4n) is 5.07. The third kappa shape index (κ3) is 4.54. The molecule has 0 N–H and O–H groups in total. The van der Waals surface area contributed by atoms with Crippen LogP contribution in [0.5, 0.6) is 0 Å². The molecule has 176 valence electrons. The van der Waals surface area contributed by atoms with Crippen molar-refractivity contribution in [3.05, 3.63) is 34.9 Å². The molecule has 2 fully saturated rings. The number of pyridine rings is 1. The lowest BCUT2D eigenvalue weighted by atomic mass is 9.92. The van der Waals surface area contributed by atoms with Crippen molar-refractivity contribution in [3.63, 3.8) is 0 Å². The second-order valence-electron chi connectivity index (χ2n) is 9.31. The lowest BCUT2D eigenvalue weighted by Gasteiger charge is -2.34. The number of carbonyl (C=O) groups is 1. The van der Waals surface area contributed by atoms with Crippen LogP contribution in [-0.4, -0.2) is 71.8 Å². The van der Waals surface area contributed by atoms with Crippen molar-refractivity contribution in [3.8, 4) is 11.3 Å². The normalized spacial score (nSPS) is 18.3. The zero-order valence-corrected chi connectivity index (χ0v) is 19.7. The van der Waals surface area contributed by atoms with Gasteiger partial charge >= 0.3 is 0 Å². The number of piperidine rings is 1. The lowest BCUT2D eigenvalue weighted by Crippen LogP contribution is -2.41. The highest BCUT2D eigenvalue weighted by Crippen LogP contribution is 2.32. The molecule has 1 amide bonds. The molecule has 5 heterocycles. The Morgan fingerprint density at radius 3 is 2.55 bits per heavy atom. The number of morpholine rings is 1. The number of rotatable bonds is 5. The van der Waals surface area contributed by atoms with Gasteiger partial charge in [0.15, 0.2) is 0 Å². The number of amides is 1. The quantitative estimate of drug-likeness (QED) is 0.579. The number of ether oxygens (including phenoxy) is 1. The van der Waals surface area contributed by atoms with Gasteiger partial charge < -0.3 is 18.6 Å². The zero-order valence-electron chi connectivity index (χ0n) is 19.7. The van der Waals surface area contributed by atoms with Crippen LogP contribution in [-0.2, 0) is 4.74 Å². The molecule has 0 spiro atoms. The van der Waals surface area contributed by atoms with Gasteiger partial charge in [0.2, 0.25) is 0 Å². The molecule has 3 aromatic rings. The maximum atomic E-state index is 13.6. The van der Waals surface area contributed by atoms with E-state index in [9.17, 15) is 4.79 Å². The first-order valence-electron chi connectivity index (χ1n) is 11.9. The highest BCUT2D eigenvalue weighted by Gasteiger charge is 2.28. The number of hydrogen-bond donors (Lipinski definition) is 0. The van der Waals surface area contributed by atoms with E-state index in [4.69, 9.17) is 13.7 Å². The number of likely N-dealkylation sites (tertiary alicyclic amines) is 1. The first kappa shape index (κ1) is 22.1. The summed E-state index contributed by atoms with van der Waals surface area (Å²) in [7, 11) is 0. The van der Waals surface area contributed by atoms with Crippen molar-refractivity contribution < 1.29 is 18.5 Å². The highest BCUT2D eigenvalue weighted by molar-refractivity contribution is 6.07. The van der Waals surface area contributed by atoms with E-state index in [1.54, 1.807) is 0 Å². The second-order valence-corrected chi connectivity index (χ2v) is 9.31. The van der Waals surface area contributed by atoms with Crippen molar-refractivity contribution in [2.24, 2.45) is 5.92 Å². The zero-order chi connectivity index (χ0) is 22.9. The summed E-state index contributed by atoms with van der Waals surface area (Å²) in [6.07, 6.45) is 3.27. The summed E-state index contributed by atoms with van der Waals surface area (Å²) in [5, 5.41) is 4.79. The van der Waals surface area contributed by atoms with Gasteiger partial charge in [0, 0.05) is 31.7 Å². The number of aromatic nitrogens is 2. The van der Waals surface area contributed by atoms with Crippen molar-refractivity contribution in [2.45, 2.75) is 40.0 Å². The number of aryl methyl sites for hydroxylation is 3. The minimum Gasteiger partial charge on any atom is -0.466 e. The lowest BCUT2D eigenvalue weighted by molar-refractivity contribution is 0.0332. The molecule has 0 bridgehead atoms. The average molecular weight is 453 g/mol. The molecule has 8 nitrogen and oxygen atoms in total. The van der Waals surface area contributed by atoms with Crippen molar-refractivity contribution in [2.75, 3.05) is 45.9 Å². The molecule has 5 rings (SSSR count). The predicted octanol–water partition coefficient (Wildman–Crippen LogP) is 3.98. The molecule has 2 aliphatic heterocycles. The molecule has 0 unspecified atom stereocenters. The van der Waals surface area contributed by atoms with Crippen molar-refractivity contribution >= 4 is 17.0 Å². The Labute approximate surface area is 193 Å². The van der Waals surface area contributed by atoms with Gasteiger partial charge in [-0.3, -0.25) is 9.69 Å². The summed E-state index contributed by atoms with van der Waals surface area (Å²) in [5.74, 6) is 2.28. The predicted molar refractivity (Wildman–Crippen MR) is 124 cm³/mol. The van der Waals surface area contributed by atoms with Gasteiger partial charge in [-0.25, -0.2) is 4.98 Å². The fraction of sp³-hybridized carbons (Fsp3) is 0.560. The van der Waals surface area contributed by atoms with Crippen LogP contribution in [0.1, 0.15) is 46.8 Å². The number of hydrogen-bond acceptors (Lipinski definition) is 7. The summed E-state index contributed by atoms with van der Waals surface area (Å²) in [6, 6.07) is 3.82. The summed E-state index contributed by atoms with van der Waals surface area (Å²) < 4.78 is 16.6. The van der Waals surface area contributed by atoms with Crippen LogP contribution in [0.15, 0.2) is 21.1 Å². The fourth-order valence-corrected chi connectivity index (χ4v) is 5.07. The Kier molecular flexibility index (Phi) is 6.21. The number of nitrogens with zero attached hydrogens (tertiary/aromatic N) is 4. The molecule has 2 aliphatic rings. The topological polar surface area (TPSA) is 84.8 Å². The molecule has 0 aromatic carbocycles. The summed E-state index contributed by atoms with van der Waals surface area (Å²) in [4.78, 5) is 22.7. The molecule has 33 heavy (non-hydrogen) atoms. The van der Waals surface area contributed by atoms with Gasteiger partial charge in [0.05, 0.1) is 35.6 Å². The molecule has 2 saturated heterocycles. The summed E-state index contributed by atoms with van der Waals surface area (Å²) >= 11 is 0. The monoisotopic (exact) mass is 452 g/mol. The van der Waals surface area contributed by atoms with Gasteiger partial charge in [-0.15, -0.1) is 0 Å². The highest BCUT2D eigenvalue weighted by atomic mass is 16.5. The Hall–Kier alpha value is -2.71. The molecule has 8 heteroatoms. The standard InChI is InChI=1S/C25H32N4O4/c1-16-14-20(18(3)32-16)22-15-21(23-17(2)27-33-24(23)26-22)25(30)29-8-5-19(6-9-29)4-7-28-10-12-31-13-11-28/h14-15,19H,4-13H2,1-3H3. The van der Waals surface area contributed by atoms with Gasteiger partial charge in [0.25, 0.3) is 11.6 Å². The Balaban J connectivity index is 1.32. The van der Waals surface area contributed by atoms with Crippen LogP contribution >= 0.6 is 0 Å². The summed E-state index contributed by atoms with van der Waals surface area (Å²) in [5.41, 5.74) is 3.25. The number of furan rings is 1. The molecular weight excluding hydrogens is 420 g/mol. The van der Waals surface area contributed by atoms with Crippen LogP contribution in [0.2, 0.25) is 0 Å². The molecular formula is C25H32N4O4. The van der Waals surface area contributed by atoms with E-state index >= 15 is 0 Å². The number of carbonyl (C=O) groups excluding carboxylic acids is 1. The third-order valence-corrected chi connectivity index (χ3v) is 7.02. The molecule has 3 aromatic heterocycles.